The highest BCUT2D eigenvalue weighted by atomic mass is 35.5. The number of ether oxygens (including phenoxy) is 1. The normalized spacial score (nSPS) is 13.3. The molecule has 1 amide bonds. The van der Waals surface area contributed by atoms with Crippen molar-refractivity contribution in [2.75, 3.05) is 23.4 Å². The van der Waals surface area contributed by atoms with E-state index >= 15 is 0 Å². The summed E-state index contributed by atoms with van der Waals surface area (Å²) in [5.74, 6) is 0.700. The van der Waals surface area contributed by atoms with Gasteiger partial charge in [0.1, 0.15) is 5.75 Å². The third kappa shape index (κ3) is 3.25. The molecule has 5 nitrogen and oxygen atoms in total. The summed E-state index contributed by atoms with van der Waals surface area (Å²) in [4.78, 5) is 18.4. The Kier molecular flexibility index (Phi) is 4.53. The standard InChI is InChI=1S/C19H16ClN3O2S/c1-2-23-16-9-12(3-8-17(16)25-10-18(23)24)15-11-26-19(22-15)21-14-6-4-13(20)5-7-14/h3-9,11H,2,10H2,1H3,(H,21,22). The molecular formula is C19H16ClN3O2S. The van der Waals surface area contributed by atoms with Gasteiger partial charge in [0, 0.05) is 28.2 Å². The number of thiazole rings is 1. The Balaban J connectivity index is 1.60. The Bertz CT molecular complexity index is 956. The van der Waals surface area contributed by atoms with Crippen LogP contribution in [0.2, 0.25) is 5.02 Å². The zero-order valence-corrected chi connectivity index (χ0v) is 15.6. The van der Waals surface area contributed by atoms with Gasteiger partial charge in [0.25, 0.3) is 5.91 Å². The van der Waals surface area contributed by atoms with Gasteiger partial charge >= 0.3 is 0 Å². The number of likely N-dealkylation sites (N-methyl/N-ethyl adjacent to an activating group) is 1. The summed E-state index contributed by atoms with van der Waals surface area (Å²) in [5, 5.41) is 6.75. The smallest absolute Gasteiger partial charge is 0.265 e. The number of carbonyl (C=O) groups excluding carboxylic acids is 1. The fraction of sp³-hybridized carbons (Fsp3) is 0.158. The number of hydrogen-bond acceptors (Lipinski definition) is 5. The van der Waals surface area contributed by atoms with E-state index in [2.05, 4.69) is 10.3 Å². The molecule has 7 heteroatoms. The van der Waals surface area contributed by atoms with Crippen molar-refractivity contribution in [2.24, 2.45) is 0 Å². The first-order chi connectivity index (χ1) is 12.6. The summed E-state index contributed by atoms with van der Waals surface area (Å²) in [5.41, 5.74) is 3.52. The third-order valence-corrected chi connectivity index (χ3v) is 5.12. The van der Waals surface area contributed by atoms with E-state index in [1.165, 1.54) is 11.3 Å². The summed E-state index contributed by atoms with van der Waals surface area (Å²) < 4.78 is 5.52. The van der Waals surface area contributed by atoms with Gasteiger partial charge in [-0.1, -0.05) is 11.6 Å². The van der Waals surface area contributed by atoms with Crippen molar-refractivity contribution in [3.8, 4) is 17.0 Å². The highest BCUT2D eigenvalue weighted by molar-refractivity contribution is 7.14. The Morgan fingerprint density at radius 2 is 2.08 bits per heavy atom. The highest BCUT2D eigenvalue weighted by Crippen LogP contribution is 2.37. The second-order valence-electron chi connectivity index (χ2n) is 5.78. The molecule has 26 heavy (non-hydrogen) atoms. The van der Waals surface area contributed by atoms with Gasteiger partial charge in [-0.2, -0.15) is 0 Å². The van der Waals surface area contributed by atoms with Gasteiger partial charge in [0.15, 0.2) is 11.7 Å². The Hall–Kier alpha value is -2.57. The molecule has 0 atom stereocenters. The van der Waals surface area contributed by atoms with Gasteiger partial charge in [0.05, 0.1) is 11.4 Å². The molecule has 0 bridgehead atoms. The number of halogens is 1. The predicted octanol–water partition coefficient (Wildman–Crippen LogP) is 4.95. The van der Waals surface area contributed by atoms with E-state index < -0.39 is 0 Å². The van der Waals surface area contributed by atoms with E-state index in [0.717, 1.165) is 33.5 Å². The lowest BCUT2D eigenvalue weighted by Crippen LogP contribution is -2.38. The van der Waals surface area contributed by atoms with Crippen LogP contribution < -0.4 is 15.0 Å². The number of hydrogen-bond donors (Lipinski definition) is 1. The summed E-state index contributed by atoms with van der Waals surface area (Å²) in [7, 11) is 0. The molecule has 0 aliphatic carbocycles. The van der Waals surface area contributed by atoms with Crippen molar-refractivity contribution < 1.29 is 9.53 Å². The van der Waals surface area contributed by atoms with E-state index in [1.807, 2.05) is 54.8 Å². The fourth-order valence-corrected chi connectivity index (χ4v) is 3.69. The Morgan fingerprint density at radius 3 is 2.85 bits per heavy atom. The lowest BCUT2D eigenvalue weighted by molar-refractivity contribution is -0.121. The molecule has 2 aromatic carbocycles. The van der Waals surface area contributed by atoms with E-state index in [9.17, 15) is 4.79 Å². The number of aromatic nitrogens is 1. The molecule has 1 aromatic heterocycles. The van der Waals surface area contributed by atoms with Crippen molar-refractivity contribution in [3.05, 3.63) is 52.9 Å². The first-order valence-corrected chi connectivity index (χ1v) is 9.45. The molecule has 0 radical (unpaired) electrons. The summed E-state index contributed by atoms with van der Waals surface area (Å²) in [6.07, 6.45) is 0. The van der Waals surface area contributed by atoms with Crippen LogP contribution in [0, 0.1) is 0 Å². The monoisotopic (exact) mass is 385 g/mol. The summed E-state index contributed by atoms with van der Waals surface area (Å²) in [6, 6.07) is 13.3. The van der Waals surface area contributed by atoms with Crippen LogP contribution in [-0.2, 0) is 4.79 Å². The van der Waals surface area contributed by atoms with E-state index in [4.69, 9.17) is 16.3 Å². The van der Waals surface area contributed by atoms with Crippen molar-refractivity contribution >= 4 is 45.4 Å². The Morgan fingerprint density at radius 1 is 1.27 bits per heavy atom. The molecule has 132 valence electrons. The van der Waals surface area contributed by atoms with Gasteiger partial charge in [-0.25, -0.2) is 4.98 Å². The van der Waals surface area contributed by atoms with Crippen LogP contribution in [0.25, 0.3) is 11.3 Å². The SMILES string of the molecule is CCN1C(=O)COc2ccc(-c3csc(Nc4ccc(Cl)cc4)n3)cc21. The largest absolute Gasteiger partial charge is 0.482 e. The van der Waals surface area contributed by atoms with E-state index in [1.54, 1.807) is 4.90 Å². The average molecular weight is 386 g/mol. The first kappa shape index (κ1) is 16.9. The summed E-state index contributed by atoms with van der Waals surface area (Å²) >= 11 is 7.43. The second-order valence-corrected chi connectivity index (χ2v) is 7.07. The number of carbonyl (C=O) groups is 1. The molecule has 0 unspecified atom stereocenters. The van der Waals surface area contributed by atoms with Crippen LogP contribution in [0.5, 0.6) is 5.75 Å². The molecule has 1 N–H and O–H groups in total. The summed E-state index contributed by atoms with van der Waals surface area (Å²) in [6.45, 7) is 2.65. The molecule has 0 spiro atoms. The number of fused-ring (bicyclic) bond motifs is 1. The molecule has 4 rings (SSSR count). The zero-order chi connectivity index (χ0) is 18.1. The van der Waals surface area contributed by atoms with Crippen LogP contribution in [0.4, 0.5) is 16.5 Å². The van der Waals surface area contributed by atoms with Gasteiger partial charge in [-0.05, 0) is 49.4 Å². The van der Waals surface area contributed by atoms with Crippen molar-refractivity contribution in [1.82, 2.24) is 4.98 Å². The maximum absolute atomic E-state index is 12.0. The first-order valence-electron chi connectivity index (χ1n) is 8.20. The number of benzene rings is 2. The Labute approximate surface area is 160 Å². The average Bonchev–Trinajstić information content (AvgIpc) is 3.11. The highest BCUT2D eigenvalue weighted by Gasteiger charge is 2.24. The van der Waals surface area contributed by atoms with Gasteiger partial charge in [0.2, 0.25) is 0 Å². The molecule has 3 aromatic rings. The van der Waals surface area contributed by atoms with Gasteiger partial charge in [-0.15, -0.1) is 11.3 Å². The maximum atomic E-state index is 12.0. The fourth-order valence-electron chi connectivity index (χ4n) is 2.83. The third-order valence-electron chi connectivity index (χ3n) is 4.11. The van der Waals surface area contributed by atoms with Crippen LogP contribution in [0.3, 0.4) is 0 Å². The number of rotatable bonds is 4. The topological polar surface area (TPSA) is 54.5 Å². The number of anilines is 3. The minimum absolute atomic E-state index is 0.0273. The molecule has 0 saturated heterocycles. The second kappa shape index (κ2) is 6.97. The minimum atomic E-state index is -0.0273. The lowest BCUT2D eigenvalue weighted by Gasteiger charge is -2.28. The lowest BCUT2D eigenvalue weighted by atomic mass is 10.1. The number of nitrogens with zero attached hydrogens (tertiary/aromatic N) is 2. The van der Waals surface area contributed by atoms with Crippen molar-refractivity contribution in [2.45, 2.75) is 6.92 Å². The minimum Gasteiger partial charge on any atom is -0.482 e. The molecule has 1 aliphatic rings. The van der Waals surface area contributed by atoms with Crippen LogP contribution in [0.1, 0.15) is 6.92 Å². The zero-order valence-electron chi connectivity index (χ0n) is 14.0. The molecular weight excluding hydrogens is 370 g/mol. The van der Waals surface area contributed by atoms with Crippen molar-refractivity contribution in [3.63, 3.8) is 0 Å². The van der Waals surface area contributed by atoms with Crippen LogP contribution in [-0.4, -0.2) is 24.0 Å². The van der Waals surface area contributed by atoms with E-state index in [-0.39, 0.29) is 12.5 Å². The molecule has 2 heterocycles. The van der Waals surface area contributed by atoms with Crippen LogP contribution in [0.15, 0.2) is 47.8 Å². The van der Waals surface area contributed by atoms with Crippen LogP contribution >= 0.6 is 22.9 Å². The maximum Gasteiger partial charge on any atom is 0.265 e. The quantitative estimate of drug-likeness (QED) is 0.690. The predicted molar refractivity (Wildman–Crippen MR) is 106 cm³/mol. The molecule has 0 fully saturated rings. The van der Waals surface area contributed by atoms with Gasteiger partial charge in [-0.3, -0.25) is 4.79 Å². The number of nitrogens with one attached hydrogen (secondary N) is 1. The molecule has 1 aliphatic heterocycles. The van der Waals surface area contributed by atoms with Crippen molar-refractivity contribution in [1.29, 1.82) is 0 Å². The number of amides is 1. The van der Waals surface area contributed by atoms with Gasteiger partial charge < -0.3 is 15.0 Å². The van der Waals surface area contributed by atoms with E-state index in [0.29, 0.717) is 11.6 Å². The molecule has 0 saturated carbocycles.